The third-order valence-electron chi connectivity index (χ3n) is 3.00. The van der Waals surface area contributed by atoms with Crippen molar-refractivity contribution >= 4 is 11.6 Å². The van der Waals surface area contributed by atoms with E-state index >= 15 is 0 Å². The van der Waals surface area contributed by atoms with Gasteiger partial charge in [-0.1, -0.05) is 30.0 Å². The van der Waals surface area contributed by atoms with Crippen LogP contribution in [-0.2, 0) is 9.59 Å². The van der Waals surface area contributed by atoms with Crippen LogP contribution in [0, 0.1) is 17.3 Å². The summed E-state index contributed by atoms with van der Waals surface area (Å²) in [6, 6.07) is 9.51. The summed E-state index contributed by atoms with van der Waals surface area (Å²) in [7, 11) is 0. The highest BCUT2D eigenvalue weighted by molar-refractivity contribution is 6.04. The molecule has 0 N–H and O–H groups in total. The van der Waals surface area contributed by atoms with Crippen LogP contribution in [0.4, 0.5) is 0 Å². The average molecular weight is 228 g/mol. The first-order chi connectivity index (χ1) is 7.97. The molecule has 0 aliphatic carbocycles. The number of hydrogen-bond acceptors (Lipinski definition) is 2. The van der Waals surface area contributed by atoms with Crippen LogP contribution in [-0.4, -0.2) is 11.6 Å². The van der Waals surface area contributed by atoms with Gasteiger partial charge in [-0.15, -0.1) is 0 Å². The molecule has 0 fully saturated rings. The van der Waals surface area contributed by atoms with Gasteiger partial charge in [0.25, 0.3) is 0 Å². The maximum absolute atomic E-state index is 11.5. The number of rotatable bonds is 3. The van der Waals surface area contributed by atoms with Crippen molar-refractivity contribution < 1.29 is 9.59 Å². The predicted molar refractivity (Wildman–Crippen MR) is 67.4 cm³/mol. The Kier molecular flexibility index (Phi) is 4.23. The Balaban J connectivity index is 2.83. The molecule has 0 bridgehead atoms. The third kappa shape index (κ3) is 3.29. The van der Waals surface area contributed by atoms with E-state index in [-0.39, 0.29) is 18.0 Å². The zero-order valence-corrected chi connectivity index (χ0v) is 10.4. The number of Topliss-reactive ketones (excluding diaryl/α,β-unsaturated/α-hetero) is 2. The Bertz CT molecular complexity index is 461. The van der Waals surface area contributed by atoms with Crippen LogP contribution in [0.3, 0.4) is 0 Å². The molecule has 88 valence electrons. The summed E-state index contributed by atoms with van der Waals surface area (Å²) in [4.78, 5) is 22.9. The predicted octanol–water partition coefficient (Wildman–Crippen LogP) is 2.61. The van der Waals surface area contributed by atoms with Gasteiger partial charge in [-0.3, -0.25) is 9.59 Å². The Morgan fingerprint density at radius 3 is 2.12 bits per heavy atom. The highest BCUT2D eigenvalue weighted by Gasteiger charge is 2.34. The Morgan fingerprint density at radius 2 is 1.65 bits per heavy atom. The van der Waals surface area contributed by atoms with Crippen molar-refractivity contribution in [2.75, 3.05) is 0 Å². The second-order valence-electron chi connectivity index (χ2n) is 4.29. The summed E-state index contributed by atoms with van der Waals surface area (Å²) in [5.41, 5.74) is -0.0798. The van der Waals surface area contributed by atoms with Gasteiger partial charge in [0.15, 0.2) is 0 Å². The first-order valence-corrected chi connectivity index (χ1v) is 5.53. The van der Waals surface area contributed by atoms with Crippen LogP contribution in [0.15, 0.2) is 30.3 Å². The fourth-order valence-corrected chi connectivity index (χ4v) is 1.34. The molecule has 1 aromatic rings. The Morgan fingerprint density at radius 1 is 1.12 bits per heavy atom. The number of ketones is 2. The number of carbonyl (C=O) groups excluding carboxylic acids is 2. The van der Waals surface area contributed by atoms with Gasteiger partial charge in [-0.25, -0.2) is 0 Å². The lowest BCUT2D eigenvalue weighted by molar-refractivity contribution is -0.136. The van der Waals surface area contributed by atoms with Gasteiger partial charge in [-0.2, -0.15) is 0 Å². The van der Waals surface area contributed by atoms with E-state index in [1.165, 1.54) is 13.8 Å². The summed E-state index contributed by atoms with van der Waals surface area (Å²) in [5, 5.41) is 0. The minimum absolute atomic E-state index is 0.132. The highest BCUT2D eigenvalue weighted by atomic mass is 16.2. The van der Waals surface area contributed by atoms with Crippen molar-refractivity contribution in [1.82, 2.24) is 0 Å². The quantitative estimate of drug-likeness (QED) is 0.588. The van der Waals surface area contributed by atoms with Gasteiger partial charge >= 0.3 is 0 Å². The van der Waals surface area contributed by atoms with Crippen molar-refractivity contribution in [3.05, 3.63) is 35.9 Å². The fourth-order valence-electron chi connectivity index (χ4n) is 1.34. The monoisotopic (exact) mass is 228 g/mol. The van der Waals surface area contributed by atoms with E-state index in [2.05, 4.69) is 11.8 Å². The third-order valence-corrected chi connectivity index (χ3v) is 3.00. The van der Waals surface area contributed by atoms with Crippen molar-refractivity contribution in [1.29, 1.82) is 0 Å². The standard InChI is InChI=1S/C15H16O2/c1-12(16)15(3,13(2)17)11-7-10-14-8-5-4-6-9-14/h4-6,8-9H,11H2,1-3H3. The Labute approximate surface area is 102 Å². The molecular formula is C15H16O2. The van der Waals surface area contributed by atoms with Gasteiger partial charge in [0.05, 0.1) is 5.41 Å². The van der Waals surface area contributed by atoms with Gasteiger partial charge in [0, 0.05) is 12.0 Å². The summed E-state index contributed by atoms with van der Waals surface area (Å²) in [5.74, 6) is 5.60. The molecule has 0 saturated heterocycles. The van der Waals surface area contributed by atoms with Gasteiger partial charge < -0.3 is 0 Å². The van der Waals surface area contributed by atoms with E-state index in [0.717, 1.165) is 5.56 Å². The lowest BCUT2D eigenvalue weighted by Crippen LogP contribution is -2.32. The van der Waals surface area contributed by atoms with Gasteiger partial charge in [-0.05, 0) is 32.9 Å². The molecule has 1 aromatic carbocycles. The van der Waals surface area contributed by atoms with E-state index in [0.29, 0.717) is 0 Å². The molecule has 0 aliphatic heterocycles. The van der Waals surface area contributed by atoms with Crippen LogP contribution < -0.4 is 0 Å². The average Bonchev–Trinajstić information content (AvgIpc) is 2.29. The lowest BCUT2D eigenvalue weighted by atomic mass is 9.79. The lowest BCUT2D eigenvalue weighted by Gasteiger charge is -2.20. The summed E-state index contributed by atoms with van der Waals surface area (Å²) < 4.78 is 0. The van der Waals surface area contributed by atoms with Crippen LogP contribution in [0.2, 0.25) is 0 Å². The molecule has 2 nitrogen and oxygen atoms in total. The van der Waals surface area contributed by atoms with E-state index < -0.39 is 5.41 Å². The van der Waals surface area contributed by atoms with Crippen molar-refractivity contribution in [3.8, 4) is 11.8 Å². The molecule has 1 rings (SSSR count). The second-order valence-corrected chi connectivity index (χ2v) is 4.29. The van der Waals surface area contributed by atoms with Crippen LogP contribution >= 0.6 is 0 Å². The zero-order valence-electron chi connectivity index (χ0n) is 10.4. The molecule has 17 heavy (non-hydrogen) atoms. The van der Waals surface area contributed by atoms with Gasteiger partial charge in [0.1, 0.15) is 11.6 Å². The zero-order chi connectivity index (χ0) is 12.9. The summed E-state index contributed by atoms with van der Waals surface area (Å²) >= 11 is 0. The molecule has 0 saturated carbocycles. The minimum atomic E-state index is -0.970. The molecule has 2 heteroatoms. The molecule has 0 heterocycles. The maximum Gasteiger partial charge on any atom is 0.144 e. The molecule has 0 aromatic heterocycles. The van der Waals surface area contributed by atoms with Crippen LogP contribution in [0.1, 0.15) is 32.8 Å². The number of carbonyl (C=O) groups is 2. The first kappa shape index (κ1) is 13.2. The van der Waals surface area contributed by atoms with Crippen LogP contribution in [0.25, 0.3) is 0 Å². The minimum Gasteiger partial charge on any atom is -0.299 e. The van der Waals surface area contributed by atoms with E-state index in [9.17, 15) is 9.59 Å². The Hall–Kier alpha value is -1.88. The van der Waals surface area contributed by atoms with Crippen molar-refractivity contribution in [3.63, 3.8) is 0 Å². The summed E-state index contributed by atoms with van der Waals surface area (Å²) in [6.07, 6.45) is 0.270. The van der Waals surface area contributed by atoms with E-state index in [1.54, 1.807) is 6.92 Å². The molecule has 0 radical (unpaired) electrons. The second kappa shape index (κ2) is 5.45. The SMILES string of the molecule is CC(=O)C(C)(CC#Cc1ccccc1)C(C)=O. The van der Waals surface area contributed by atoms with Crippen molar-refractivity contribution in [2.45, 2.75) is 27.2 Å². The number of benzene rings is 1. The largest absolute Gasteiger partial charge is 0.299 e. The fraction of sp³-hybridized carbons (Fsp3) is 0.333. The first-order valence-electron chi connectivity index (χ1n) is 5.53. The van der Waals surface area contributed by atoms with Crippen molar-refractivity contribution in [2.24, 2.45) is 5.41 Å². The maximum atomic E-state index is 11.5. The topological polar surface area (TPSA) is 34.1 Å². The highest BCUT2D eigenvalue weighted by Crippen LogP contribution is 2.23. The van der Waals surface area contributed by atoms with E-state index in [1.807, 2.05) is 30.3 Å². The number of hydrogen-bond donors (Lipinski definition) is 0. The molecule has 0 aliphatic rings. The molecular weight excluding hydrogens is 212 g/mol. The smallest absolute Gasteiger partial charge is 0.144 e. The van der Waals surface area contributed by atoms with Gasteiger partial charge in [0.2, 0.25) is 0 Å². The normalized spacial score (nSPS) is 10.3. The molecule has 0 atom stereocenters. The molecule has 0 spiro atoms. The molecule has 0 unspecified atom stereocenters. The molecule has 0 amide bonds. The van der Waals surface area contributed by atoms with Crippen LogP contribution in [0.5, 0.6) is 0 Å². The summed E-state index contributed by atoms with van der Waals surface area (Å²) in [6.45, 7) is 4.52. The van der Waals surface area contributed by atoms with E-state index in [4.69, 9.17) is 0 Å².